The fraction of sp³-hybridized carbons (Fsp3) is 0.250. The maximum Gasteiger partial charge on any atom is 0.325 e. The van der Waals surface area contributed by atoms with Gasteiger partial charge in [-0.2, -0.15) is 8.78 Å². The van der Waals surface area contributed by atoms with Crippen LogP contribution in [0.25, 0.3) is 0 Å². The molecule has 0 aliphatic carbocycles. The summed E-state index contributed by atoms with van der Waals surface area (Å²) < 4.78 is 29.9. The summed E-state index contributed by atoms with van der Waals surface area (Å²) in [5.41, 5.74) is 2.59. The number of aryl methyl sites for hydroxylation is 2. The lowest BCUT2D eigenvalue weighted by molar-refractivity contribution is -0.146. The molecule has 0 unspecified atom stereocenters. The van der Waals surface area contributed by atoms with Gasteiger partial charge < -0.3 is 15.4 Å². The Kier molecular flexibility index (Phi) is 8.14. The van der Waals surface area contributed by atoms with E-state index in [1.54, 1.807) is 30.3 Å². The Morgan fingerprint density at radius 2 is 1.79 bits per heavy atom. The van der Waals surface area contributed by atoms with Gasteiger partial charge in [-0.05, 0) is 49.2 Å². The first kappa shape index (κ1) is 22.4. The van der Waals surface area contributed by atoms with Crippen molar-refractivity contribution in [2.75, 3.05) is 18.5 Å². The number of hydrogen-bond acceptors (Lipinski definition) is 5. The van der Waals surface area contributed by atoms with Crippen LogP contribution in [0.5, 0.6) is 0 Å². The molecule has 0 aliphatic heterocycles. The molecule has 0 saturated heterocycles. The Morgan fingerprint density at radius 3 is 2.48 bits per heavy atom. The average Bonchev–Trinajstić information content (AvgIpc) is 2.67. The molecule has 0 aliphatic rings. The lowest BCUT2D eigenvalue weighted by Crippen LogP contribution is -2.32. The molecule has 2 aromatic rings. The van der Waals surface area contributed by atoms with Crippen molar-refractivity contribution in [2.45, 2.75) is 24.5 Å². The molecule has 0 bridgehead atoms. The van der Waals surface area contributed by atoms with E-state index in [2.05, 4.69) is 10.6 Å². The number of para-hydroxylation sites is 1. The zero-order valence-electron chi connectivity index (χ0n) is 15.8. The number of benzene rings is 2. The highest BCUT2D eigenvalue weighted by Gasteiger charge is 2.14. The molecule has 9 heteroatoms. The van der Waals surface area contributed by atoms with E-state index in [0.717, 1.165) is 11.1 Å². The van der Waals surface area contributed by atoms with Gasteiger partial charge in [0.25, 0.3) is 17.6 Å². The van der Waals surface area contributed by atoms with Crippen molar-refractivity contribution >= 4 is 35.2 Å². The fourth-order valence-electron chi connectivity index (χ4n) is 2.29. The number of ether oxygens (including phenoxy) is 1. The number of hydrogen-bond donors (Lipinski definition) is 2. The van der Waals surface area contributed by atoms with Crippen molar-refractivity contribution in [3.8, 4) is 0 Å². The number of alkyl halides is 2. The van der Waals surface area contributed by atoms with Gasteiger partial charge in [0.15, 0.2) is 6.61 Å². The smallest absolute Gasteiger partial charge is 0.325 e. The highest BCUT2D eigenvalue weighted by atomic mass is 32.2. The Morgan fingerprint density at radius 1 is 1.07 bits per heavy atom. The van der Waals surface area contributed by atoms with Gasteiger partial charge in [-0.1, -0.05) is 30.0 Å². The molecule has 2 rings (SSSR count). The summed E-state index contributed by atoms with van der Waals surface area (Å²) in [6.45, 7) is 2.78. The number of anilines is 1. The number of thioether (sulfide) groups is 1. The molecule has 154 valence electrons. The van der Waals surface area contributed by atoms with Gasteiger partial charge >= 0.3 is 5.97 Å². The molecule has 2 aromatic carbocycles. The Balaban J connectivity index is 1.79. The van der Waals surface area contributed by atoms with Gasteiger partial charge in [0.2, 0.25) is 0 Å². The Hall–Kier alpha value is -2.94. The molecule has 29 heavy (non-hydrogen) atoms. The summed E-state index contributed by atoms with van der Waals surface area (Å²) in [5, 5.41) is 4.83. The van der Waals surface area contributed by atoms with Crippen LogP contribution in [-0.2, 0) is 14.3 Å². The van der Waals surface area contributed by atoms with Crippen molar-refractivity contribution in [1.82, 2.24) is 5.32 Å². The number of rotatable bonds is 8. The fourth-order valence-corrected chi connectivity index (χ4v) is 2.88. The van der Waals surface area contributed by atoms with Crippen LogP contribution in [-0.4, -0.2) is 36.7 Å². The highest BCUT2D eigenvalue weighted by Crippen LogP contribution is 2.31. The minimum atomic E-state index is -2.63. The van der Waals surface area contributed by atoms with Gasteiger partial charge in [-0.3, -0.25) is 14.4 Å². The van der Waals surface area contributed by atoms with Crippen LogP contribution in [0.1, 0.15) is 21.5 Å². The van der Waals surface area contributed by atoms with Gasteiger partial charge in [0.05, 0.1) is 5.69 Å². The van der Waals surface area contributed by atoms with Crippen LogP contribution in [0.2, 0.25) is 0 Å². The van der Waals surface area contributed by atoms with Crippen molar-refractivity contribution in [3.63, 3.8) is 0 Å². The molecule has 0 atom stereocenters. The molecule has 0 aromatic heterocycles. The summed E-state index contributed by atoms with van der Waals surface area (Å²) in [7, 11) is 0. The number of nitrogens with one attached hydrogen (secondary N) is 2. The second kappa shape index (κ2) is 10.6. The van der Waals surface area contributed by atoms with Crippen LogP contribution in [0.3, 0.4) is 0 Å². The average molecular weight is 422 g/mol. The van der Waals surface area contributed by atoms with Crippen LogP contribution in [0.15, 0.2) is 47.4 Å². The van der Waals surface area contributed by atoms with Crippen LogP contribution < -0.4 is 10.6 Å². The SMILES string of the molecule is Cc1ccc(C(=O)NCC(=O)OCC(=O)Nc2ccccc2SC(F)F)cc1C. The second-order valence-corrected chi connectivity index (χ2v) is 7.10. The summed E-state index contributed by atoms with van der Waals surface area (Å²) in [4.78, 5) is 35.9. The van der Waals surface area contributed by atoms with E-state index in [1.807, 2.05) is 13.8 Å². The molecule has 0 saturated carbocycles. The summed E-state index contributed by atoms with van der Waals surface area (Å²) in [5.74, 6) is -4.55. The monoisotopic (exact) mass is 422 g/mol. The first-order chi connectivity index (χ1) is 13.8. The van der Waals surface area contributed by atoms with Gasteiger partial charge in [0.1, 0.15) is 6.54 Å². The van der Waals surface area contributed by atoms with E-state index in [0.29, 0.717) is 17.3 Å². The first-order valence-electron chi connectivity index (χ1n) is 8.61. The number of esters is 1. The molecule has 0 spiro atoms. The van der Waals surface area contributed by atoms with Crippen molar-refractivity contribution < 1.29 is 27.9 Å². The molecule has 0 radical (unpaired) electrons. The second-order valence-electron chi connectivity index (χ2n) is 6.07. The lowest BCUT2D eigenvalue weighted by Gasteiger charge is -2.11. The maximum atomic E-state index is 12.6. The lowest BCUT2D eigenvalue weighted by atomic mass is 10.1. The van der Waals surface area contributed by atoms with E-state index in [9.17, 15) is 23.2 Å². The largest absolute Gasteiger partial charge is 0.454 e. The summed E-state index contributed by atoms with van der Waals surface area (Å²) >= 11 is 0.299. The molecule has 2 N–H and O–H groups in total. The highest BCUT2D eigenvalue weighted by molar-refractivity contribution is 7.99. The molecule has 2 amide bonds. The number of halogens is 2. The van der Waals surface area contributed by atoms with Crippen molar-refractivity contribution in [2.24, 2.45) is 0 Å². The van der Waals surface area contributed by atoms with Crippen LogP contribution in [0.4, 0.5) is 14.5 Å². The molecule has 0 heterocycles. The molecular weight excluding hydrogens is 402 g/mol. The number of amides is 2. The topological polar surface area (TPSA) is 84.5 Å². The third-order valence-corrected chi connectivity index (χ3v) is 4.69. The third-order valence-electron chi connectivity index (χ3n) is 3.90. The predicted molar refractivity (Wildman–Crippen MR) is 106 cm³/mol. The Bertz CT molecular complexity index is 906. The van der Waals surface area contributed by atoms with E-state index in [-0.39, 0.29) is 10.6 Å². The van der Waals surface area contributed by atoms with Crippen molar-refractivity contribution in [1.29, 1.82) is 0 Å². The minimum Gasteiger partial charge on any atom is -0.454 e. The quantitative estimate of drug-likeness (QED) is 0.502. The van der Waals surface area contributed by atoms with Crippen LogP contribution >= 0.6 is 11.8 Å². The van der Waals surface area contributed by atoms with Gasteiger partial charge in [-0.15, -0.1) is 0 Å². The minimum absolute atomic E-state index is 0.196. The molecular formula is C20H20F2N2O4S. The zero-order valence-corrected chi connectivity index (χ0v) is 16.6. The Labute approximate surface area is 171 Å². The maximum absolute atomic E-state index is 12.6. The van der Waals surface area contributed by atoms with Crippen molar-refractivity contribution in [3.05, 3.63) is 59.2 Å². The van der Waals surface area contributed by atoms with E-state index >= 15 is 0 Å². The first-order valence-corrected chi connectivity index (χ1v) is 9.49. The summed E-state index contributed by atoms with van der Waals surface area (Å²) in [6.07, 6.45) is 0. The van der Waals surface area contributed by atoms with Crippen LogP contribution in [0, 0.1) is 13.8 Å². The van der Waals surface area contributed by atoms with E-state index in [1.165, 1.54) is 12.1 Å². The predicted octanol–water partition coefficient (Wildman–Crippen LogP) is 3.53. The van der Waals surface area contributed by atoms with Gasteiger partial charge in [0, 0.05) is 10.5 Å². The molecule has 0 fully saturated rings. The van der Waals surface area contributed by atoms with E-state index < -0.39 is 36.7 Å². The number of carbonyl (C=O) groups excluding carboxylic acids is 3. The normalized spacial score (nSPS) is 10.5. The summed E-state index contributed by atoms with van der Waals surface area (Å²) in [6, 6.07) is 11.2. The standard InChI is InChI=1S/C20H20F2N2O4S/c1-12-7-8-14(9-13(12)2)19(27)23-10-18(26)28-11-17(25)24-15-5-3-4-6-16(15)29-20(21)22/h3-9,20H,10-11H2,1-2H3,(H,23,27)(H,24,25). The number of carbonyl (C=O) groups is 3. The zero-order chi connectivity index (χ0) is 21.4. The molecule has 6 nitrogen and oxygen atoms in total. The third kappa shape index (κ3) is 7.19. The van der Waals surface area contributed by atoms with E-state index in [4.69, 9.17) is 4.74 Å². The van der Waals surface area contributed by atoms with Gasteiger partial charge in [-0.25, -0.2) is 0 Å².